The van der Waals surface area contributed by atoms with Crippen LogP contribution in [0.1, 0.15) is 52.5 Å². The van der Waals surface area contributed by atoms with Gasteiger partial charge in [-0.2, -0.15) is 0 Å². The van der Waals surface area contributed by atoms with Crippen LogP contribution in [0, 0.1) is 13.8 Å². The van der Waals surface area contributed by atoms with Crippen LogP contribution in [0.4, 0.5) is 5.82 Å². The van der Waals surface area contributed by atoms with Gasteiger partial charge in [0.1, 0.15) is 29.5 Å². The van der Waals surface area contributed by atoms with Crippen molar-refractivity contribution < 1.29 is 23.8 Å². The minimum Gasteiger partial charge on any atom is -0.496 e. The highest BCUT2D eigenvalue weighted by molar-refractivity contribution is 5.98. The molecule has 1 N–H and O–H groups in total. The van der Waals surface area contributed by atoms with E-state index in [1.165, 1.54) is 0 Å². The van der Waals surface area contributed by atoms with Crippen LogP contribution in [0.5, 0.6) is 11.5 Å². The molecule has 7 nitrogen and oxygen atoms in total. The summed E-state index contributed by atoms with van der Waals surface area (Å²) in [4.78, 5) is 28.8. The summed E-state index contributed by atoms with van der Waals surface area (Å²) < 4.78 is 16.4. The maximum Gasteiger partial charge on any atom is 0.342 e. The first kappa shape index (κ1) is 22.3. The summed E-state index contributed by atoms with van der Waals surface area (Å²) in [6.07, 6.45) is 3.50. The Morgan fingerprint density at radius 2 is 1.94 bits per heavy atom. The molecule has 0 saturated heterocycles. The number of carbonyl (C=O) groups excluding carboxylic acids is 2. The number of aryl methyl sites for hydroxylation is 1. The monoisotopic (exact) mass is 424 g/mol. The number of anilines is 1. The molecular formula is C24H28N2O5. The number of benzene rings is 1. The Hall–Kier alpha value is -3.35. The average Bonchev–Trinajstić information content (AvgIpc) is 3.13. The van der Waals surface area contributed by atoms with Crippen LogP contribution in [-0.2, 0) is 22.6 Å². The predicted molar refractivity (Wildman–Crippen MR) is 118 cm³/mol. The van der Waals surface area contributed by atoms with Crippen LogP contribution in [0.2, 0.25) is 0 Å². The fourth-order valence-corrected chi connectivity index (χ4v) is 3.74. The minimum absolute atomic E-state index is 0.0860. The molecule has 3 rings (SSSR count). The van der Waals surface area contributed by atoms with Crippen LogP contribution in [0.15, 0.2) is 29.8 Å². The molecule has 1 amide bonds. The number of methoxy groups -OCH3 is 2. The third kappa shape index (κ3) is 4.87. The van der Waals surface area contributed by atoms with E-state index in [-0.39, 0.29) is 18.5 Å². The van der Waals surface area contributed by atoms with Gasteiger partial charge in [0.25, 0.3) is 0 Å². The molecule has 2 heterocycles. The van der Waals surface area contributed by atoms with Crippen LogP contribution < -0.4 is 14.8 Å². The first-order chi connectivity index (χ1) is 14.8. The van der Waals surface area contributed by atoms with E-state index in [1.54, 1.807) is 20.3 Å². The number of hydrogen-bond acceptors (Lipinski definition) is 6. The number of ether oxygens (including phenoxy) is 3. The number of allylic oxidation sites excluding steroid dienone is 2. The second kappa shape index (κ2) is 9.64. The summed E-state index contributed by atoms with van der Waals surface area (Å²) in [6, 6.07) is 5.51. The van der Waals surface area contributed by atoms with Gasteiger partial charge in [-0.1, -0.05) is 17.7 Å². The first-order valence-electron chi connectivity index (χ1n) is 10.2. The maximum absolute atomic E-state index is 12.2. The Morgan fingerprint density at radius 1 is 1.19 bits per heavy atom. The SMILES string of the molecule is COc1c(C)c2c(c(OC)c1CC=C(C)CCC(=O)Nc1cccc(C)n1)C(=O)OC2. The molecule has 1 aromatic heterocycles. The second-order valence-electron chi connectivity index (χ2n) is 7.57. The van der Waals surface area contributed by atoms with Crippen molar-refractivity contribution in [2.75, 3.05) is 19.5 Å². The van der Waals surface area contributed by atoms with E-state index in [2.05, 4.69) is 10.3 Å². The van der Waals surface area contributed by atoms with Gasteiger partial charge in [-0.3, -0.25) is 4.79 Å². The number of nitrogens with one attached hydrogen (secondary N) is 1. The number of nitrogens with zero attached hydrogens (tertiary/aromatic N) is 1. The van der Waals surface area contributed by atoms with E-state index in [1.807, 2.05) is 39.0 Å². The van der Waals surface area contributed by atoms with Crippen LogP contribution >= 0.6 is 0 Å². The number of esters is 1. The molecule has 2 aromatic rings. The summed E-state index contributed by atoms with van der Waals surface area (Å²) in [5.74, 6) is 1.29. The zero-order valence-electron chi connectivity index (χ0n) is 18.6. The van der Waals surface area contributed by atoms with Crippen LogP contribution in [0.3, 0.4) is 0 Å². The Kier molecular flexibility index (Phi) is 6.95. The van der Waals surface area contributed by atoms with Crippen molar-refractivity contribution in [1.29, 1.82) is 0 Å². The molecule has 0 unspecified atom stereocenters. The molecule has 0 fully saturated rings. The number of carbonyl (C=O) groups is 2. The van der Waals surface area contributed by atoms with E-state index in [9.17, 15) is 9.59 Å². The summed E-state index contributed by atoms with van der Waals surface area (Å²) in [6.45, 7) is 6.01. The summed E-state index contributed by atoms with van der Waals surface area (Å²) in [5, 5.41) is 2.82. The van der Waals surface area contributed by atoms with Crippen LogP contribution in [0.25, 0.3) is 0 Å². The molecule has 0 atom stereocenters. The minimum atomic E-state index is -0.374. The molecular weight excluding hydrogens is 396 g/mol. The van der Waals surface area contributed by atoms with Crippen LogP contribution in [-0.4, -0.2) is 31.1 Å². The van der Waals surface area contributed by atoms with Crippen molar-refractivity contribution in [3.63, 3.8) is 0 Å². The third-order valence-electron chi connectivity index (χ3n) is 5.39. The largest absolute Gasteiger partial charge is 0.496 e. The molecule has 1 aliphatic heterocycles. The molecule has 0 saturated carbocycles. The fourth-order valence-electron chi connectivity index (χ4n) is 3.74. The first-order valence-corrected chi connectivity index (χ1v) is 10.2. The summed E-state index contributed by atoms with van der Waals surface area (Å²) >= 11 is 0. The van der Waals surface area contributed by atoms with Gasteiger partial charge in [0.05, 0.1) is 14.2 Å². The lowest BCUT2D eigenvalue weighted by molar-refractivity contribution is -0.116. The van der Waals surface area contributed by atoms with Gasteiger partial charge in [-0.15, -0.1) is 0 Å². The maximum atomic E-state index is 12.2. The second-order valence-corrected chi connectivity index (χ2v) is 7.57. The zero-order chi connectivity index (χ0) is 22.5. The van der Waals surface area contributed by atoms with Gasteiger partial charge in [-0.25, -0.2) is 9.78 Å². The van der Waals surface area contributed by atoms with E-state index >= 15 is 0 Å². The topological polar surface area (TPSA) is 86.8 Å². The summed E-state index contributed by atoms with van der Waals surface area (Å²) in [5.41, 5.74) is 4.88. The molecule has 0 spiro atoms. The van der Waals surface area contributed by atoms with Gasteiger partial charge in [-0.05, 0) is 51.3 Å². The number of hydrogen-bond donors (Lipinski definition) is 1. The van der Waals surface area contributed by atoms with Crippen molar-refractivity contribution in [3.8, 4) is 11.5 Å². The number of aromatic nitrogens is 1. The van der Waals surface area contributed by atoms with E-state index < -0.39 is 0 Å². The van der Waals surface area contributed by atoms with Crippen molar-refractivity contribution in [1.82, 2.24) is 4.98 Å². The Labute approximate surface area is 182 Å². The van der Waals surface area contributed by atoms with E-state index in [4.69, 9.17) is 14.2 Å². The fraction of sp³-hybridized carbons (Fsp3) is 0.375. The molecule has 0 radical (unpaired) electrons. The number of pyridine rings is 1. The molecule has 164 valence electrons. The lowest BCUT2D eigenvalue weighted by Crippen LogP contribution is -2.12. The Bertz CT molecular complexity index is 1040. The van der Waals surface area contributed by atoms with Gasteiger partial charge in [0.2, 0.25) is 5.91 Å². The van der Waals surface area contributed by atoms with Crippen molar-refractivity contribution >= 4 is 17.7 Å². The quantitative estimate of drug-likeness (QED) is 0.502. The molecule has 0 bridgehead atoms. The normalized spacial score (nSPS) is 12.9. The van der Waals surface area contributed by atoms with E-state index in [0.29, 0.717) is 42.1 Å². The average molecular weight is 424 g/mol. The number of fused-ring (bicyclic) bond motifs is 1. The Balaban J connectivity index is 1.72. The van der Waals surface area contributed by atoms with Crippen molar-refractivity contribution in [3.05, 3.63) is 57.8 Å². The number of amides is 1. The molecule has 1 aromatic carbocycles. The molecule has 7 heteroatoms. The molecule has 31 heavy (non-hydrogen) atoms. The third-order valence-corrected chi connectivity index (χ3v) is 5.39. The molecule has 1 aliphatic rings. The Morgan fingerprint density at radius 3 is 2.61 bits per heavy atom. The van der Waals surface area contributed by atoms with Crippen molar-refractivity contribution in [2.24, 2.45) is 0 Å². The van der Waals surface area contributed by atoms with E-state index in [0.717, 1.165) is 28.0 Å². The smallest absolute Gasteiger partial charge is 0.342 e. The lowest BCUT2D eigenvalue weighted by atomic mass is 9.94. The number of cyclic esters (lactones) is 1. The lowest BCUT2D eigenvalue weighted by Gasteiger charge is -2.18. The van der Waals surface area contributed by atoms with Gasteiger partial charge < -0.3 is 19.5 Å². The summed E-state index contributed by atoms with van der Waals surface area (Å²) in [7, 11) is 3.15. The van der Waals surface area contributed by atoms with Gasteiger partial charge in [0, 0.05) is 23.2 Å². The van der Waals surface area contributed by atoms with Gasteiger partial charge in [0.15, 0.2) is 0 Å². The highest BCUT2D eigenvalue weighted by Gasteiger charge is 2.32. The highest BCUT2D eigenvalue weighted by atomic mass is 16.5. The van der Waals surface area contributed by atoms with Crippen molar-refractivity contribution in [2.45, 2.75) is 46.6 Å². The molecule has 0 aliphatic carbocycles. The number of rotatable bonds is 8. The standard InChI is InChI=1S/C24H28N2O5/c1-14(10-12-20(27)26-19-8-6-7-15(2)25-19)9-11-17-22(29-4)16(3)18-13-31-24(28)21(18)23(17)30-5/h6-9H,10-13H2,1-5H3,(H,25,26,27). The van der Waals surface area contributed by atoms with Gasteiger partial charge >= 0.3 is 5.97 Å². The highest BCUT2D eigenvalue weighted by Crippen LogP contribution is 2.42. The predicted octanol–water partition coefficient (Wildman–Crippen LogP) is 4.29. The zero-order valence-corrected chi connectivity index (χ0v) is 18.6.